The van der Waals surface area contributed by atoms with Gasteiger partial charge in [0.15, 0.2) is 0 Å². The molecule has 2 nitrogen and oxygen atoms in total. The van der Waals surface area contributed by atoms with Crippen molar-refractivity contribution < 1.29 is 9.21 Å². The lowest BCUT2D eigenvalue weighted by Crippen LogP contribution is -1.96. The molecule has 0 aliphatic heterocycles. The number of ketones is 1. The number of furan rings is 1. The van der Waals surface area contributed by atoms with Gasteiger partial charge in [0.05, 0.1) is 5.75 Å². The lowest BCUT2D eigenvalue weighted by atomic mass is 10.4. The average molecular weight is 224 g/mol. The smallest absolute Gasteiger partial charge is 0.134 e. The predicted octanol–water partition coefficient (Wildman–Crippen LogP) is 3.20. The second-order valence-electron chi connectivity index (χ2n) is 3.94. The maximum Gasteiger partial charge on any atom is 0.134 e. The van der Waals surface area contributed by atoms with Crippen molar-refractivity contribution in [1.29, 1.82) is 0 Å². The van der Waals surface area contributed by atoms with Gasteiger partial charge in [-0.15, -0.1) is 0 Å². The highest BCUT2D eigenvalue weighted by Crippen LogP contribution is 2.30. The fourth-order valence-electron chi connectivity index (χ4n) is 1.81. The van der Waals surface area contributed by atoms with Crippen molar-refractivity contribution in [3.8, 4) is 0 Å². The zero-order valence-corrected chi connectivity index (χ0v) is 9.81. The lowest BCUT2D eigenvalue weighted by molar-refractivity contribution is -0.117. The summed E-state index contributed by atoms with van der Waals surface area (Å²) in [5.41, 5.74) is 0. The van der Waals surface area contributed by atoms with Crippen LogP contribution in [0.4, 0.5) is 0 Å². The molecule has 0 saturated heterocycles. The Labute approximate surface area is 94.4 Å². The second-order valence-corrected chi connectivity index (χ2v) is 5.22. The standard InChI is InChI=1S/C12H16O2S/c1-2-10-4-5-11(14-10)8-15-12-6-3-9(13)7-12/h4-5,12H,2-3,6-8H2,1H3. The fraction of sp³-hybridized carbons (Fsp3) is 0.583. The molecule has 1 aliphatic carbocycles. The van der Waals surface area contributed by atoms with Crippen molar-refractivity contribution in [2.24, 2.45) is 0 Å². The molecule has 0 bridgehead atoms. The summed E-state index contributed by atoms with van der Waals surface area (Å²) in [5.74, 6) is 3.41. The summed E-state index contributed by atoms with van der Waals surface area (Å²) in [6, 6.07) is 4.08. The number of aryl methyl sites for hydroxylation is 1. The van der Waals surface area contributed by atoms with E-state index in [2.05, 4.69) is 6.92 Å². The lowest BCUT2D eigenvalue weighted by Gasteiger charge is -2.05. The molecule has 1 aromatic heterocycles. The molecular weight excluding hydrogens is 208 g/mol. The quantitative estimate of drug-likeness (QED) is 0.786. The van der Waals surface area contributed by atoms with Crippen molar-refractivity contribution >= 4 is 17.5 Å². The van der Waals surface area contributed by atoms with E-state index >= 15 is 0 Å². The Kier molecular flexibility index (Phi) is 3.52. The van der Waals surface area contributed by atoms with Gasteiger partial charge in [-0.05, 0) is 18.6 Å². The van der Waals surface area contributed by atoms with Gasteiger partial charge in [-0.25, -0.2) is 0 Å². The van der Waals surface area contributed by atoms with Gasteiger partial charge in [-0.1, -0.05) is 6.92 Å². The predicted molar refractivity (Wildman–Crippen MR) is 62.0 cm³/mol. The third-order valence-corrected chi connectivity index (χ3v) is 4.05. The summed E-state index contributed by atoms with van der Waals surface area (Å²) < 4.78 is 5.61. The SMILES string of the molecule is CCc1ccc(CSC2CCC(=O)C2)o1. The van der Waals surface area contributed by atoms with Gasteiger partial charge >= 0.3 is 0 Å². The molecule has 82 valence electrons. The Morgan fingerprint density at radius 3 is 2.87 bits per heavy atom. The summed E-state index contributed by atoms with van der Waals surface area (Å²) in [4.78, 5) is 11.1. The van der Waals surface area contributed by atoms with Gasteiger partial charge in [-0.3, -0.25) is 4.79 Å². The Morgan fingerprint density at radius 2 is 2.27 bits per heavy atom. The van der Waals surface area contributed by atoms with Crippen LogP contribution in [0.2, 0.25) is 0 Å². The third kappa shape index (κ3) is 2.88. The molecule has 1 atom stereocenters. The van der Waals surface area contributed by atoms with Crippen LogP contribution in [0.3, 0.4) is 0 Å². The second kappa shape index (κ2) is 4.88. The van der Waals surface area contributed by atoms with E-state index in [9.17, 15) is 4.79 Å². The van der Waals surface area contributed by atoms with Gasteiger partial charge < -0.3 is 4.42 Å². The molecular formula is C12H16O2S. The molecule has 0 N–H and O–H groups in total. The molecule has 1 heterocycles. The van der Waals surface area contributed by atoms with E-state index in [1.807, 2.05) is 23.9 Å². The zero-order chi connectivity index (χ0) is 10.7. The highest BCUT2D eigenvalue weighted by Gasteiger charge is 2.22. The largest absolute Gasteiger partial charge is 0.465 e. The number of Topliss-reactive ketones (excluding diaryl/α,β-unsaturated/α-hetero) is 1. The molecule has 0 spiro atoms. The molecule has 0 radical (unpaired) electrons. The number of carbonyl (C=O) groups excluding carboxylic acids is 1. The van der Waals surface area contributed by atoms with E-state index in [1.165, 1.54) is 0 Å². The van der Waals surface area contributed by atoms with E-state index in [1.54, 1.807) is 0 Å². The van der Waals surface area contributed by atoms with Crippen LogP contribution < -0.4 is 0 Å². The maximum absolute atomic E-state index is 11.1. The highest BCUT2D eigenvalue weighted by atomic mass is 32.2. The Balaban J connectivity index is 1.80. The van der Waals surface area contributed by atoms with Crippen LogP contribution >= 0.6 is 11.8 Å². The van der Waals surface area contributed by atoms with Gasteiger partial charge in [0.2, 0.25) is 0 Å². The molecule has 1 unspecified atom stereocenters. The van der Waals surface area contributed by atoms with Crippen LogP contribution in [0, 0.1) is 0 Å². The summed E-state index contributed by atoms with van der Waals surface area (Å²) >= 11 is 1.85. The first-order valence-corrected chi connectivity index (χ1v) is 6.53. The number of hydrogen-bond acceptors (Lipinski definition) is 3. The first-order chi connectivity index (χ1) is 7.28. The van der Waals surface area contributed by atoms with Crippen molar-refractivity contribution in [3.63, 3.8) is 0 Å². The fourth-order valence-corrected chi connectivity index (χ4v) is 2.96. The monoisotopic (exact) mass is 224 g/mol. The average Bonchev–Trinajstić information content (AvgIpc) is 2.83. The number of thioether (sulfide) groups is 1. The number of carbonyl (C=O) groups is 1. The molecule has 1 aromatic rings. The first-order valence-electron chi connectivity index (χ1n) is 5.49. The van der Waals surface area contributed by atoms with Crippen LogP contribution in [0.15, 0.2) is 16.5 Å². The van der Waals surface area contributed by atoms with E-state index in [-0.39, 0.29) is 0 Å². The molecule has 15 heavy (non-hydrogen) atoms. The highest BCUT2D eigenvalue weighted by molar-refractivity contribution is 7.99. The molecule has 1 saturated carbocycles. The summed E-state index contributed by atoms with van der Waals surface area (Å²) in [6.07, 6.45) is 3.53. The summed E-state index contributed by atoms with van der Waals surface area (Å²) in [5, 5.41) is 0.521. The first kappa shape index (κ1) is 10.8. The minimum absolute atomic E-state index is 0.418. The summed E-state index contributed by atoms with van der Waals surface area (Å²) in [7, 11) is 0. The Bertz CT molecular complexity index is 343. The van der Waals surface area contributed by atoms with Crippen molar-refractivity contribution in [2.45, 2.75) is 43.6 Å². The van der Waals surface area contributed by atoms with E-state index < -0.39 is 0 Å². The maximum atomic E-state index is 11.1. The van der Waals surface area contributed by atoms with Crippen molar-refractivity contribution in [2.75, 3.05) is 0 Å². The van der Waals surface area contributed by atoms with Gasteiger partial charge in [-0.2, -0.15) is 11.8 Å². The minimum atomic E-state index is 0.418. The van der Waals surface area contributed by atoms with Crippen LogP contribution in [-0.4, -0.2) is 11.0 Å². The van der Waals surface area contributed by atoms with E-state index in [0.717, 1.165) is 43.0 Å². The van der Waals surface area contributed by atoms with E-state index in [4.69, 9.17) is 4.42 Å². The Morgan fingerprint density at radius 1 is 1.47 bits per heavy atom. The Hall–Kier alpha value is -0.700. The van der Waals surface area contributed by atoms with Gasteiger partial charge in [0.1, 0.15) is 17.3 Å². The van der Waals surface area contributed by atoms with Crippen molar-refractivity contribution in [3.05, 3.63) is 23.7 Å². The van der Waals surface area contributed by atoms with Crippen LogP contribution in [-0.2, 0) is 17.0 Å². The molecule has 3 heteroatoms. The van der Waals surface area contributed by atoms with Crippen molar-refractivity contribution in [1.82, 2.24) is 0 Å². The normalized spacial score (nSPS) is 21.1. The van der Waals surface area contributed by atoms with Crippen LogP contribution in [0.25, 0.3) is 0 Å². The molecule has 0 amide bonds. The zero-order valence-electron chi connectivity index (χ0n) is 8.99. The van der Waals surface area contributed by atoms with Gasteiger partial charge in [0.25, 0.3) is 0 Å². The summed E-state index contributed by atoms with van der Waals surface area (Å²) in [6.45, 7) is 2.09. The number of hydrogen-bond donors (Lipinski definition) is 0. The molecule has 1 fully saturated rings. The van der Waals surface area contributed by atoms with Gasteiger partial charge in [0, 0.05) is 24.5 Å². The molecule has 0 aromatic carbocycles. The van der Waals surface area contributed by atoms with Crippen LogP contribution in [0.1, 0.15) is 37.7 Å². The topological polar surface area (TPSA) is 30.2 Å². The molecule has 2 rings (SSSR count). The number of rotatable bonds is 4. The molecule has 1 aliphatic rings. The minimum Gasteiger partial charge on any atom is -0.465 e. The third-order valence-electron chi connectivity index (χ3n) is 2.73. The van der Waals surface area contributed by atoms with E-state index in [0.29, 0.717) is 11.0 Å². The van der Waals surface area contributed by atoms with Crippen LogP contribution in [0.5, 0.6) is 0 Å².